The van der Waals surface area contributed by atoms with Gasteiger partial charge in [0.25, 0.3) is 0 Å². The van der Waals surface area contributed by atoms with Crippen LogP contribution in [-0.2, 0) is 9.59 Å². The second-order valence-electron chi connectivity index (χ2n) is 5.73. The van der Waals surface area contributed by atoms with Gasteiger partial charge in [-0.1, -0.05) is 12.1 Å². The van der Waals surface area contributed by atoms with Crippen LogP contribution in [0.4, 0.5) is 5.69 Å². The Kier molecular flexibility index (Phi) is 3.46. The monoisotopic (exact) mass is 291 g/mol. The normalized spacial score (nSPS) is 31.2. The molecule has 3 rings (SSSR count). The van der Waals surface area contributed by atoms with Gasteiger partial charge in [0, 0.05) is 4.90 Å². The highest BCUT2D eigenvalue weighted by Crippen LogP contribution is 2.52. The van der Waals surface area contributed by atoms with E-state index in [1.54, 1.807) is 12.1 Å². The summed E-state index contributed by atoms with van der Waals surface area (Å²) in [5.41, 5.74) is 0.646. The molecule has 4 nitrogen and oxygen atoms in total. The average molecular weight is 291 g/mol. The van der Waals surface area contributed by atoms with E-state index in [1.165, 1.54) is 0 Å². The number of nitrogens with one attached hydrogen (secondary N) is 1. The highest BCUT2D eigenvalue weighted by Gasteiger charge is 2.53. The molecule has 0 saturated heterocycles. The summed E-state index contributed by atoms with van der Waals surface area (Å²) in [5, 5.41) is 12.2. The maximum absolute atomic E-state index is 12.5. The first-order chi connectivity index (χ1) is 9.58. The zero-order chi connectivity index (χ0) is 14.3. The molecule has 0 radical (unpaired) electrons. The van der Waals surface area contributed by atoms with E-state index in [0.29, 0.717) is 10.6 Å². The van der Waals surface area contributed by atoms with Gasteiger partial charge >= 0.3 is 5.97 Å². The maximum atomic E-state index is 12.5. The standard InChI is InChI=1S/C15H17NO3S/c17-14(16-10-3-1-2-4-11(10)20)12-8-5-6-9(7-8)13(12)15(18)19/h1-4,8-9,12-13,20H,5-7H2,(H,16,17)(H,18,19)/t8-,9-,12-,13+/m0/s1. The van der Waals surface area contributed by atoms with E-state index in [0.717, 1.165) is 19.3 Å². The average Bonchev–Trinajstić information content (AvgIpc) is 3.01. The van der Waals surface area contributed by atoms with Crippen molar-refractivity contribution in [1.29, 1.82) is 0 Å². The molecule has 2 aliphatic carbocycles. The van der Waals surface area contributed by atoms with E-state index >= 15 is 0 Å². The van der Waals surface area contributed by atoms with Gasteiger partial charge in [-0.3, -0.25) is 9.59 Å². The van der Waals surface area contributed by atoms with Gasteiger partial charge in [0.15, 0.2) is 0 Å². The summed E-state index contributed by atoms with van der Waals surface area (Å²) in [5.74, 6) is -1.56. The molecule has 106 valence electrons. The number of fused-ring (bicyclic) bond motifs is 2. The molecular weight excluding hydrogens is 274 g/mol. The summed E-state index contributed by atoms with van der Waals surface area (Å²) in [6, 6.07) is 7.25. The Balaban J connectivity index is 1.80. The van der Waals surface area contributed by atoms with E-state index in [-0.39, 0.29) is 17.7 Å². The van der Waals surface area contributed by atoms with E-state index in [1.807, 2.05) is 12.1 Å². The van der Waals surface area contributed by atoms with Crippen LogP contribution in [0.1, 0.15) is 19.3 Å². The molecule has 0 aliphatic heterocycles. The molecule has 2 N–H and O–H groups in total. The van der Waals surface area contributed by atoms with Gasteiger partial charge in [0.2, 0.25) is 5.91 Å². The Morgan fingerprint density at radius 3 is 2.45 bits per heavy atom. The number of hydrogen-bond donors (Lipinski definition) is 3. The van der Waals surface area contributed by atoms with Crippen LogP contribution < -0.4 is 5.32 Å². The third kappa shape index (κ3) is 2.20. The minimum Gasteiger partial charge on any atom is -0.481 e. The molecule has 1 aromatic carbocycles. The van der Waals surface area contributed by atoms with Crippen LogP contribution in [-0.4, -0.2) is 17.0 Å². The van der Waals surface area contributed by atoms with Crippen LogP contribution in [0.15, 0.2) is 29.2 Å². The minimum atomic E-state index is -0.837. The van der Waals surface area contributed by atoms with Gasteiger partial charge in [0.1, 0.15) is 0 Å². The molecule has 2 bridgehead atoms. The van der Waals surface area contributed by atoms with E-state index in [4.69, 9.17) is 0 Å². The van der Waals surface area contributed by atoms with Crippen molar-refractivity contribution in [3.05, 3.63) is 24.3 Å². The maximum Gasteiger partial charge on any atom is 0.307 e. The second-order valence-corrected chi connectivity index (χ2v) is 6.21. The summed E-state index contributed by atoms with van der Waals surface area (Å²) in [6.07, 6.45) is 2.78. The number of thiol groups is 1. The first-order valence-electron chi connectivity index (χ1n) is 6.89. The second kappa shape index (κ2) is 5.13. The molecule has 1 aromatic rings. The fraction of sp³-hybridized carbons (Fsp3) is 0.467. The molecule has 4 atom stereocenters. The highest BCUT2D eigenvalue weighted by atomic mass is 32.1. The summed E-state index contributed by atoms with van der Waals surface area (Å²) < 4.78 is 0. The summed E-state index contributed by atoms with van der Waals surface area (Å²) >= 11 is 4.30. The lowest BCUT2D eigenvalue weighted by molar-refractivity contribution is -0.148. The molecule has 2 aliphatic rings. The lowest BCUT2D eigenvalue weighted by atomic mass is 9.78. The van der Waals surface area contributed by atoms with Gasteiger partial charge in [-0.2, -0.15) is 0 Å². The Morgan fingerprint density at radius 2 is 1.80 bits per heavy atom. The quantitative estimate of drug-likeness (QED) is 0.750. The van der Waals surface area contributed by atoms with Crippen molar-refractivity contribution in [2.45, 2.75) is 24.2 Å². The van der Waals surface area contributed by atoms with Crippen molar-refractivity contribution >= 4 is 30.2 Å². The predicted octanol–water partition coefficient (Wildman–Crippen LogP) is 2.66. The van der Waals surface area contributed by atoms with Crippen molar-refractivity contribution in [3.63, 3.8) is 0 Å². The third-order valence-corrected chi connectivity index (χ3v) is 5.06. The summed E-state index contributed by atoms with van der Waals surface area (Å²) in [4.78, 5) is 24.6. The number of carboxylic acids is 1. The SMILES string of the molecule is O=C(O)[C@@H]1[C@H]2CC[C@@H](C2)[C@@H]1C(=O)Nc1ccccc1S. The topological polar surface area (TPSA) is 66.4 Å². The Bertz CT molecular complexity index is 560. The molecule has 0 spiro atoms. The minimum absolute atomic E-state index is 0.166. The molecule has 0 aromatic heterocycles. The van der Waals surface area contributed by atoms with Crippen LogP contribution in [0.2, 0.25) is 0 Å². The zero-order valence-corrected chi connectivity index (χ0v) is 11.8. The summed E-state index contributed by atoms with van der Waals surface area (Å²) in [7, 11) is 0. The van der Waals surface area contributed by atoms with Crippen LogP contribution >= 0.6 is 12.6 Å². The fourth-order valence-corrected chi connectivity index (χ4v) is 4.04. The molecule has 5 heteroatoms. The lowest BCUT2D eigenvalue weighted by Crippen LogP contribution is -2.37. The highest BCUT2D eigenvalue weighted by molar-refractivity contribution is 7.80. The molecule has 1 amide bonds. The Morgan fingerprint density at radius 1 is 1.15 bits per heavy atom. The van der Waals surface area contributed by atoms with Crippen LogP contribution in [0.3, 0.4) is 0 Å². The van der Waals surface area contributed by atoms with Crippen LogP contribution in [0.5, 0.6) is 0 Å². The number of para-hydroxylation sites is 1. The largest absolute Gasteiger partial charge is 0.481 e. The number of anilines is 1. The first-order valence-corrected chi connectivity index (χ1v) is 7.34. The molecule has 2 saturated carbocycles. The van der Waals surface area contributed by atoms with Crippen LogP contribution in [0.25, 0.3) is 0 Å². The number of aliphatic carboxylic acids is 1. The number of hydrogen-bond acceptors (Lipinski definition) is 3. The van der Waals surface area contributed by atoms with Crippen molar-refractivity contribution in [2.75, 3.05) is 5.32 Å². The molecule has 0 heterocycles. The predicted molar refractivity (Wildman–Crippen MR) is 77.8 cm³/mol. The first kappa shape index (κ1) is 13.5. The van der Waals surface area contributed by atoms with Gasteiger partial charge in [0.05, 0.1) is 17.5 Å². The van der Waals surface area contributed by atoms with Crippen molar-refractivity contribution in [2.24, 2.45) is 23.7 Å². The van der Waals surface area contributed by atoms with Crippen LogP contribution in [0, 0.1) is 23.7 Å². The van der Waals surface area contributed by atoms with Gasteiger partial charge in [-0.15, -0.1) is 12.6 Å². The van der Waals surface area contributed by atoms with Gasteiger partial charge in [-0.25, -0.2) is 0 Å². The van der Waals surface area contributed by atoms with E-state index in [9.17, 15) is 14.7 Å². The number of benzene rings is 1. The number of rotatable bonds is 3. The van der Waals surface area contributed by atoms with Crippen molar-refractivity contribution in [1.82, 2.24) is 0 Å². The Labute approximate surface area is 123 Å². The van der Waals surface area contributed by atoms with E-state index in [2.05, 4.69) is 17.9 Å². The van der Waals surface area contributed by atoms with Gasteiger partial charge in [-0.05, 0) is 43.2 Å². The number of carboxylic acid groups (broad SMARTS) is 1. The number of carbonyl (C=O) groups is 2. The molecule has 2 fully saturated rings. The lowest BCUT2D eigenvalue weighted by Gasteiger charge is -2.27. The fourth-order valence-electron chi connectivity index (χ4n) is 3.82. The smallest absolute Gasteiger partial charge is 0.307 e. The molecular formula is C15H17NO3S. The summed E-state index contributed by atoms with van der Waals surface area (Å²) in [6.45, 7) is 0. The molecule has 20 heavy (non-hydrogen) atoms. The third-order valence-electron chi connectivity index (χ3n) is 4.67. The van der Waals surface area contributed by atoms with Crippen molar-refractivity contribution in [3.8, 4) is 0 Å². The number of amides is 1. The molecule has 0 unspecified atom stereocenters. The number of carbonyl (C=O) groups excluding carboxylic acids is 1. The zero-order valence-electron chi connectivity index (χ0n) is 11.0. The Hall–Kier alpha value is -1.49. The van der Waals surface area contributed by atoms with E-state index < -0.39 is 17.8 Å². The van der Waals surface area contributed by atoms with Gasteiger partial charge < -0.3 is 10.4 Å². The van der Waals surface area contributed by atoms with Crippen molar-refractivity contribution < 1.29 is 14.7 Å².